The van der Waals surface area contributed by atoms with Crippen LogP contribution in [0.3, 0.4) is 0 Å². The second kappa shape index (κ2) is 6.52. The number of aromatic nitrogens is 1. The fraction of sp³-hybridized carbons (Fsp3) is 0.571. The number of likely N-dealkylation sites (N-methyl/N-ethyl adjacent to an activating group) is 1. The standard InChI is InChI=1S/C14H22N4O/c1-2-18-8-4-3-5-12(18)10-17-13-7-6-11(9-16-13)14(15)19/h6-7,9,12H,2-5,8,10H2,1H3,(H2,15,19)(H,16,17). The van der Waals surface area contributed by atoms with E-state index in [-0.39, 0.29) is 0 Å². The Kier molecular flexibility index (Phi) is 4.74. The van der Waals surface area contributed by atoms with Gasteiger partial charge in [0, 0.05) is 18.8 Å². The molecule has 1 fully saturated rings. The Hall–Kier alpha value is -1.62. The van der Waals surface area contributed by atoms with Crippen LogP contribution in [0.4, 0.5) is 5.82 Å². The van der Waals surface area contributed by atoms with E-state index >= 15 is 0 Å². The lowest BCUT2D eigenvalue weighted by Gasteiger charge is -2.35. The molecular formula is C14H22N4O. The third-order valence-electron chi connectivity index (χ3n) is 3.72. The molecule has 0 bridgehead atoms. The Morgan fingerprint density at radius 2 is 2.37 bits per heavy atom. The largest absolute Gasteiger partial charge is 0.369 e. The van der Waals surface area contributed by atoms with Crippen molar-refractivity contribution < 1.29 is 4.79 Å². The lowest BCUT2D eigenvalue weighted by molar-refractivity contribution is 0.1000. The Bertz CT molecular complexity index is 418. The average Bonchev–Trinajstić information content (AvgIpc) is 2.45. The minimum atomic E-state index is -0.441. The van der Waals surface area contributed by atoms with Gasteiger partial charge in [-0.3, -0.25) is 9.69 Å². The Balaban J connectivity index is 1.88. The number of nitrogens with zero attached hydrogens (tertiary/aromatic N) is 2. The first-order chi connectivity index (χ1) is 9.20. The van der Waals surface area contributed by atoms with Gasteiger partial charge in [0.2, 0.25) is 5.91 Å². The van der Waals surface area contributed by atoms with E-state index in [0.29, 0.717) is 11.6 Å². The summed E-state index contributed by atoms with van der Waals surface area (Å²) in [4.78, 5) is 17.7. The van der Waals surface area contributed by atoms with Gasteiger partial charge in [0.05, 0.1) is 5.56 Å². The van der Waals surface area contributed by atoms with Crippen molar-refractivity contribution in [1.29, 1.82) is 0 Å². The van der Waals surface area contributed by atoms with Crippen LogP contribution in [-0.4, -0.2) is 41.5 Å². The maximum absolute atomic E-state index is 11.0. The molecule has 1 aromatic rings. The van der Waals surface area contributed by atoms with Gasteiger partial charge in [-0.1, -0.05) is 13.3 Å². The van der Waals surface area contributed by atoms with Gasteiger partial charge in [-0.05, 0) is 38.1 Å². The summed E-state index contributed by atoms with van der Waals surface area (Å²) in [7, 11) is 0. The molecule has 0 aliphatic carbocycles. The van der Waals surface area contributed by atoms with E-state index in [1.807, 2.05) is 0 Å². The van der Waals surface area contributed by atoms with Crippen molar-refractivity contribution in [3.8, 4) is 0 Å². The van der Waals surface area contributed by atoms with Crippen LogP contribution in [0.15, 0.2) is 18.3 Å². The second-order valence-corrected chi connectivity index (χ2v) is 4.96. The number of likely N-dealkylation sites (tertiary alicyclic amines) is 1. The number of piperidine rings is 1. The number of rotatable bonds is 5. The highest BCUT2D eigenvalue weighted by atomic mass is 16.1. The molecule has 1 atom stereocenters. The molecule has 3 N–H and O–H groups in total. The minimum Gasteiger partial charge on any atom is -0.369 e. The van der Waals surface area contributed by atoms with Crippen molar-refractivity contribution in [3.63, 3.8) is 0 Å². The number of primary amides is 1. The van der Waals surface area contributed by atoms with Gasteiger partial charge in [-0.2, -0.15) is 0 Å². The van der Waals surface area contributed by atoms with Crippen LogP contribution in [0, 0.1) is 0 Å². The van der Waals surface area contributed by atoms with Crippen LogP contribution in [0.25, 0.3) is 0 Å². The molecule has 0 spiro atoms. The number of amides is 1. The maximum atomic E-state index is 11.0. The van der Waals surface area contributed by atoms with Crippen LogP contribution < -0.4 is 11.1 Å². The van der Waals surface area contributed by atoms with Crippen molar-refractivity contribution in [1.82, 2.24) is 9.88 Å². The summed E-state index contributed by atoms with van der Waals surface area (Å²) in [5.74, 6) is 0.357. The van der Waals surface area contributed by atoms with Gasteiger partial charge in [0.1, 0.15) is 5.82 Å². The van der Waals surface area contributed by atoms with Crippen molar-refractivity contribution in [2.75, 3.05) is 25.0 Å². The molecule has 1 aromatic heterocycles. The Morgan fingerprint density at radius 3 is 3.00 bits per heavy atom. The molecule has 5 heteroatoms. The first-order valence-corrected chi connectivity index (χ1v) is 6.94. The molecule has 1 aliphatic rings. The fourth-order valence-corrected chi connectivity index (χ4v) is 2.57. The van der Waals surface area contributed by atoms with E-state index in [0.717, 1.165) is 18.9 Å². The molecule has 1 unspecified atom stereocenters. The lowest BCUT2D eigenvalue weighted by Crippen LogP contribution is -2.43. The number of anilines is 1. The highest BCUT2D eigenvalue weighted by Crippen LogP contribution is 2.17. The first-order valence-electron chi connectivity index (χ1n) is 6.94. The molecule has 2 rings (SSSR count). The van der Waals surface area contributed by atoms with Gasteiger partial charge < -0.3 is 11.1 Å². The molecule has 5 nitrogen and oxygen atoms in total. The normalized spacial score (nSPS) is 20.2. The zero-order valence-electron chi connectivity index (χ0n) is 11.4. The molecule has 1 amide bonds. The number of pyridine rings is 1. The van der Waals surface area contributed by atoms with E-state index in [1.54, 1.807) is 12.1 Å². The molecular weight excluding hydrogens is 240 g/mol. The van der Waals surface area contributed by atoms with Crippen LogP contribution in [0.2, 0.25) is 0 Å². The van der Waals surface area contributed by atoms with Crippen LogP contribution in [0.5, 0.6) is 0 Å². The summed E-state index contributed by atoms with van der Waals surface area (Å²) in [6.45, 7) is 5.40. The van der Waals surface area contributed by atoms with Crippen LogP contribution in [0.1, 0.15) is 36.5 Å². The number of nitrogens with one attached hydrogen (secondary N) is 1. The van der Waals surface area contributed by atoms with Gasteiger partial charge in [-0.15, -0.1) is 0 Å². The first kappa shape index (κ1) is 13.8. The molecule has 0 saturated carbocycles. The highest BCUT2D eigenvalue weighted by Gasteiger charge is 2.20. The number of nitrogens with two attached hydrogens (primary N) is 1. The summed E-state index contributed by atoms with van der Waals surface area (Å²) in [5, 5.41) is 3.34. The number of carbonyl (C=O) groups is 1. The summed E-state index contributed by atoms with van der Waals surface area (Å²) in [5.41, 5.74) is 5.63. The van der Waals surface area contributed by atoms with Crippen molar-refractivity contribution in [2.45, 2.75) is 32.2 Å². The summed E-state index contributed by atoms with van der Waals surface area (Å²) < 4.78 is 0. The van der Waals surface area contributed by atoms with Crippen molar-refractivity contribution >= 4 is 11.7 Å². The molecule has 1 aliphatic heterocycles. The van der Waals surface area contributed by atoms with Crippen LogP contribution >= 0.6 is 0 Å². The minimum absolute atomic E-state index is 0.441. The monoisotopic (exact) mass is 262 g/mol. The highest BCUT2D eigenvalue weighted by molar-refractivity contribution is 5.92. The van der Waals surface area contributed by atoms with Crippen molar-refractivity contribution in [2.24, 2.45) is 5.73 Å². The summed E-state index contributed by atoms with van der Waals surface area (Å²) in [6.07, 6.45) is 5.36. The number of carbonyl (C=O) groups excluding carboxylic acids is 1. The van der Waals surface area contributed by atoms with E-state index < -0.39 is 5.91 Å². The lowest BCUT2D eigenvalue weighted by atomic mass is 10.0. The Labute approximate surface area is 114 Å². The maximum Gasteiger partial charge on any atom is 0.250 e. The predicted molar refractivity (Wildman–Crippen MR) is 76.1 cm³/mol. The molecule has 104 valence electrons. The molecule has 1 saturated heterocycles. The fourth-order valence-electron chi connectivity index (χ4n) is 2.57. The van der Waals surface area contributed by atoms with Crippen LogP contribution in [-0.2, 0) is 0 Å². The number of hydrogen-bond acceptors (Lipinski definition) is 4. The molecule has 19 heavy (non-hydrogen) atoms. The zero-order chi connectivity index (χ0) is 13.7. The smallest absolute Gasteiger partial charge is 0.250 e. The van der Waals surface area contributed by atoms with Gasteiger partial charge >= 0.3 is 0 Å². The second-order valence-electron chi connectivity index (χ2n) is 4.96. The van der Waals surface area contributed by atoms with Gasteiger partial charge in [0.25, 0.3) is 0 Å². The SMILES string of the molecule is CCN1CCCCC1CNc1ccc(C(N)=O)cn1. The van der Waals surface area contributed by atoms with E-state index in [1.165, 1.54) is 32.0 Å². The predicted octanol–water partition coefficient (Wildman–Crippen LogP) is 1.47. The summed E-state index contributed by atoms with van der Waals surface area (Å²) >= 11 is 0. The topological polar surface area (TPSA) is 71.2 Å². The number of hydrogen-bond donors (Lipinski definition) is 2. The quantitative estimate of drug-likeness (QED) is 0.843. The zero-order valence-corrected chi connectivity index (χ0v) is 11.4. The van der Waals surface area contributed by atoms with E-state index in [4.69, 9.17) is 5.73 Å². The third kappa shape index (κ3) is 3.67. The summed E-state index contributed by atoms with van der Waals surface area (Å²) in [6, 6.07) is 4.09. The molecule has 2 heterocycles. The van der Waals surface area contributed by atoms with Crippen molar-refractivity contribution in [3.05, 3.63) is 23.9 Å². The molecule has 0 radical (unpaired) electrons. The molecule has 0 aromatic carbocycles. The third-order valence-corrected chi connectivity index (χ3v) is 3.72. The van der Waals surface area contributed by atoms with E-state index in [9.17, 15) is 4.79 Å². The van der Waals surface area contributed by atoms with E-state index in [2.05, 4.69) is 22.1 Å². The van der Waals surface area contributed by atoms with Gasteiger partial charge in [-0.25, -0.2) is 4.98 Å². The Morgan fingerprint density at radius 1 is 1.53 bits per heavy atom. The van der Waals surface area contributed by atoms with Gasteiger partial charge in [0.15, 0.2) is 0 Å². The average molecular weight is 262 g/mol.